The average molecular weight is 409 g/mol. The van der Waals surface area contributed by atoms with Crippen LogP contribution in [0.1, 0.15) is 50.2 Å². The van der Waals surface area contributed by atoms with Gasteiger partial charge in [0.25, 0.3) is 5.91 Å². The zero-order valence-corrected chi connectivity index (χ0v) is 17.9. The van der Waals surface area contributed by atoms with Gasteiger partial charge in [0.05, 0.1) is 0 Å². The number of nitrogens with zero attached hydrogens (tertiary/aromatic N) is 1. The fourth-order valence-electron chi connectivity index (χ4n) is 3.02. The van der Waals surface area contributed by atoms with Gasteiger partial charge in [0, 0.05) is 18.3 Å². The van der Waals surface area contributed by atoms with E-state index >= 15 is 0 Å². The predicted octanol–water partition coefficient (Wildman–Crippen LogP) is 3.83. The van der Waals surface area contributed by atoms with Gasteiger partial charge in [0.15, 0.2) is 12.6 Å². The molecular weight excluding hydrogens is 376 g/mol. The predicted molar refractivity (Wildman–Crippen MR) is 122 cm³/mol. The third kappa shape index (κ3) is 7.10. The minimum Gasteiger partial charge on any atom is -0.484 e. The summed E-state index contributed by atoms with van der Waals surface area (Å²) in [7, 11) is 0. The summed E-state index contributed by atoms with van der Waals surface area (Å²) in [6, 6.07) is 16.4. The Morgan fingerprint density at radius 3 is 2.50 bits per heavy atom. The molecule has 6 heteroatoms. The fourth-order valence-corrected chi connectivity index (χ4v) is 3.02. The standard InChI is InChI=1S/C24H32N4O2/c1-3-17(2)19-6-8-21(9-7-19)28-24(25)26-15-14-18-4-12-22(13-5-18)30-16-23(29)27-20-10-11-20/h4-9,12-13,17,20H,3,10-11,14-16H2,1-2H3,(H,27,29)(H3,25,26,28). The van der Waals surface area contributed by atoms with Gasteiger partial charge in [0.1, 0.15) is 5.75 Å². The number of benzene rings is 2. The second-order valence-electron chi connectivity index (χ2n) is 7.85. The molecule has 4 N–H and O–H groups in total. The first-order valence-corrected chi connectivity index (χ1v) is 10.7. The zero-order valence-electron chi connectivity index (χ0n) is 17.9. The van der Waals surface area contributed by atoms with Crippen molar-refractivity contribution in [2.24, 2.45) is 10.7 Å². The van der Waals surface area contributed by atoms with Crippen LogP contribution in [0.3, 0.4) is 0 Å². The van der Waals surface area contributed by atoms with Crippen LogP contribution in [0, 0.1) is 0 Å². The molecule has 6 nitrogen and oxygen atoms in total. The normalized spacial score (nSPS) is 14.8. The molecule has 1 aliphatic carbocycles. The SMILES string of the molecule is CCC(C)c1ccc(NC(N)=NCCc2ccc(OCC(=O)NC3CC3)cc2)cc1. The molecular formula is C24H32N4O2. The van der Waals surface area contributed by atoms with Crippen molar-refractivity contribution in [2.45, 2.75) is 51.5 Å². The fraction of sp³-hybridized carbons (Fsp3) is 0.417. The van der Waals surface area contributed by atoms with Crippen LogP contribution in [-0.4, -0.2) is 31.1 Å². The number of carbonyl (C=O) groups excluding carboxylic acids is 1. The molecule has 30 heavy (non-hydrogen) atoms. The van der Waals surface area contributed by atoms with Crippen molar-refractivity contribution in [1.29, 1.82) is 0 Å². The summed E-state index contributed by atoms with van der Waals surface area (Å²) in [4.78, 5) is 16.1. The Labute approximate surface area is 178 Å². The molecule has 0 bridgehead atoms. The second kappa shape index (κ2) is 10.7. The Morgan fingerprint density at radius 1 is 1.17 bits per heavy atom. The first-order valence-electron chi connectivity index (χ1n) is 10.7. The van der Waals surface area contributed by atoms with Gasteiger partial charge in [-0.3, -0.25) is 9.79 Å². The van der Waals surface area contributed by atoms with Crippen LogP contribution in [0.5, 0.6) is 5.75 Å². The summed E-state index contributed by atoms with van der Waals surface area (Å²) in [5.74, 6) is 1.60. The molecule has 2 aromatic rings. The number of guanidine groups is 1. The summed E-state index contributed by atoms with van der Waals surface area (Å²) in [6.45, 7) is 5.06. The minimum absolute atomic E-state index is 0.0562. The van der Waals surface area contributed by atoms with Crippen molar-refractivity contribution in [3.8, 4) is 5.75 Å². The van der Waals surface area contributed by atoms with E-state index in [1.165, 1.54) is 5.56 Å². The van der Waals surface area contributed by atoms with Gasteiger partial charge in [-0.1, -0.05) is 38.1 Å². The first-order chi connectivity index (χ1) is 14.5. The van der Waals surface area contributed by atoms with E-state index in [0.717, 1.165) is 36.9 Å². The quantitative estimate of drug-likeness (QED) is 0.412. The van der Waals surface area contributed by atoms with Gasteiger partial charge in [-0.05, 0) is 67.0 Å². The van der Waals surface area contributed by atoms with E-state index in [1.807, 2.05) is 36.4 Å². The highest BCUT2D eigenvalue weighted by Crippen LogP contribution is 2.20. The smallest absolute Gasteiger partial charge is 0.258 e. The lowest BCUT2D eigenvalue weighted by Gasteiger charge is -2.11. The van der Waals surface area contributed by atoms with Crippen LogP contribution in [-0.2, 0) is 11.2 Å². The number of rotatable bonds is 10. The van der Waals surface area contributed by atoms with Crippen molar-refractivity contribution in [3.63, 3.8) is 0 Å². The van der Waals surface area contributed by atoms with Gasteiger partial charge >= 0.3 is 0 Å². The highest BCUT2D eigenvalue weighted by molar-refractivity contribution is 5.92. The molecule has 3 rings (SSSR count). The van der Waals surface area contributed by atoms with Gasteiger partial charge in [-0.2, -0.15) is 0 Å². The Balaban J connectivity index is 1.39. The van der Waals surface area contributed by atoms with E-state index in [2.05, 4.69) is 41.6 Å². The van der Waals surface area contributed by atoms with Crippen molar-refractivity contribution < 1.29 is 9.53 Å². The molecule has 2 aromatic carbocycles. The van der Waals surface area contributed by atoms with Crippen LogP contribution in [0.2, 0.25) is 0 Å². The number of anilines is 1. The first kappa shape index (κ1) is 21.7. The maximum Gasteiger partial charge on any atom is 0.258 e. The highest BCUT2D eigenvalue weighted by Gasteiger charge is 2.23. The molecule has 1 unspecified atom stereocenters. The Morgan fingerprint density at radius 2 is 1.87 bits per heavy atom. The molecule has 0 heterocycles. The Kier molecular flexibility index (Phi) is 7.71. The number of nitrogens with two attached hydrogens (primary N) is 1. The third-order valence-electron chi connectivity index (χ3n) is 5.28. The number of hydrogen-bond donors (Lipinski definition) is 3. The number of carbonyl (C=O) groups is 1. The van der Waals surface area contributed by atoms with E-state index in [-0.39, 0.29) is 12.5 Å². The van der Waals surface area contributed by atoms with Crippen LogP contribution in [0.15, 0.2) is 53.5 Å². The number of amides is 1. The summed E-state index contributed by atoms with van der Waals surface area (Å²) < 4.78 is 5.52. The lowest BCUT2D eigenvalue weighted by Crippen LogP contribution is -2.30. The number of aliphatic imine (C=N–C) groups is 1. The van der Waals surface area contributed by atoms with Crippen molar-refractivity contribution in [3.05, 3.63) is 59.7 Å². The van der Waals surface area contributed by atoms with Gasteiger partial charge in [-0.15, -0.1) is 0 Å². The van der Waals surface area contributed by atoms with Gasteiger partial charge < -0.3 is 21.1 Å². The molecule has 160 valence electrons. The van der Waals surface area contributed by atoms with E-state index < -0.39 is 0 Å². The second-order valence-corrected chi connectivity index (χ2v) is 7.85. The molecule has 1 saturated carbocycles. The molecule has 1 amide bonds. The lowest BCUT2D eigenvalue weighted by molar-refractivity contribution is -0.123. The van der Waals surface area contributed by atoms with E-state index in [4.69, 9.17) is 10.5 Å². The minimum atomic E-state index is -0.0617. The Bertz CT molecular complexity index is 843. The van der Waals surface area contributed by atoms with Crippen LogP contribution >= 0.6 is 0 Å². The lowest BCUT2D eigenvalue weighted by atomic mass is 9.99. The summed E-state index contributed by atoms with van der Waals surface area (Å²) in [5, 5.41) is 6.04. The number of hydrogen-bond acceptors (Lipinski definition) is 3. The largest absolute Gasteiger partial charge is 0.484 e. The molecule has 0 radical (unpaired) electrons. The maximum absolute atomic E-state index is 11.7. The monoisotopic (exact) mass is 408 g/mol. The highest BCUT2D eigenvalue weighted by atomic mass is 16.5. The molecule has 1 atom stereocenters. The van der Waals surface area contributed by atoms with Crippen LogP contribution < -0.4 is 21.1 Å². The van der Waals surface area contributed by atoms with Crippen LogP contribution in [0.4, 0.5) is 5.69 Å². The van der Waals surface area contributed by atoms with E-state index in [0.29, 0.717) is 30.2 Å². The third-order valence-corrected chi connectivity index (χ3v) is 5.28. The molecule has 0 aliphatic heterocycles. The number of ether oxygens (including phenoxy) is 1. The molecule has 1 fully saturated rings. The molecule has 1 aliphatic rings. The molecule has 0 spiro atoms. The van der Waals surface area contributed by atoms with Crippen molar-refractivity contribution in [2.75, 3.05) is 18.5 Å². The molecule has 0 aromatic heterocycles. The Hall–Kier alpha value is -3.02. The van der Waals surface area contributed by atoms with Crippen LogP contribution in [0.25, 0.3) is 0 Å². The zero-order chi connectivity index (χ0) is 21.3. The summed E-state index contributed by atoms with van der Waals surface area (Å²) in [5.41, 5.74) is 9.41. The van der Waals surface area contributed by atoms with E-state index in [1.54, 1.807) is 0 Å². The van der Waals surface area contributed by atoms with E-state index in [9.17, 15) is 4.79 Å². The summed E-state index contributed by atoms with van der Waals surface area (Å²) in [6.07, 6.45) is 4.05. The van der Waals surface area contributed by atoms with Gasteiger partial charge in [-0.25, -0.2) is 0 Å². The van der Waals surface area contributed by atoms with Crippen molar-refractivity contribution >= 4 is 17.6 Å². The molecule has 0 saturated heterocycles. The topological polar surface area (TPSA) is 88.7 Å². The summed E-state index contributed by atoms with van der Waals surface area (Å²) >= 11 is 0. The van der Waals surface area contributed by atoms with Gasteiger partial charge in [0.2, 0.25) is 0 Å². The van der Waals surface area contributed by atoms with Crippen molar-refractivity contribution in [1.82, 2.24) is 5.32 Å². The average Bonchev–Trinajstić information content (AvgIpc) is 3.57. The number of nitrogens with one attached hydrogen (secondary N) is 2. The maximum atomic E-state index is 11.7.